The van der Waals surface area contributed by atoms with Gasteiger partial charge in [-0.1, -0.05) is 29.5 Å². The third-order valence-corrected chi connectivity index (χ3v) is 4.79. The summed E-state index contributed by atoms with van der Waals surface area (Å²) in [5.41, 5.74) is 1.09. The number of nitrogens with zero attached hydrogens (tertiary/aromatic N) is 2. The number of methoxy groups -OCH3 is 2. The van der Waals surface area contributed by atoms with Gasteiger partial charge in [-0.2, -0.15) is 0 Å². The second-order valence-corrected chi connectivity index (χ2v) is 6.57. The summed E-state index contributed by atoms with van der Waals surface area (Å²) in [5.74, 6) is 1.24. The predicted molar refractivity (Wildman–Crippen MR) is 104 cm³/mol. The SMILES string of the molecule is COc1cccc(Nc2nnc(-c3cc4cccc(OC)c4oc3=O)s2)c1. The summed E-state index contributed by atoms with van der Waals surface area (Å²) in [4.78, 5) is 12.4. The maximum Gasteiger partial charge on any atom is 0.346 e. The highest BCUT2D eigenvalue weighted by atomic mass is 32.1. The average molecular weight is 381 g/mol. The number of rotatable bonds is 5. The molecular formula is C19H15N3O4S. The van der Waals surface area contributed by atoms with Gasteiger partial charge in [0.25, 0.3) is 0 Å². The summed E-state index contributed by atoms with van der Waals surface area (Å²) < 4.78 is 15.9. The zero-order valence-electron chi connectivity index (χ0n) is 14.6. The number of aromatic nitrogens is 2. The van der Waals surface area contributed by atoms with Crippen molar-refractivity contribution < 1.29 is 13.9 Å². The minimum atomic E-state index is -0.490. The van der Waals surface area contributed by atoms with Gasteiger partial charge in [-0.05, 0) is 24.3 Å². The maximum absolute atomic E-state index is 12.4. The second kappa shape index (κ2) is 7.08. The molecule has 8 heteroatoms. The van der Waals surface area contributed by atoms with Crippen LogP contribution >= 0.6 is 11.3 Å². The standard InChI is InChI=1S/C19H15N3O4S/c1-24-13-7-4-6-12(10-13)20-19-22-21-17(27-19)14-9-11-5-3-8-15(25-2)16(11)26-18(14)23/h3-10H,1-2H3,(H,20,22). The van der Waals surface area contributed by atoms with Crippen molar-refractivity contribution in [2.24, 2.45) is 0 Å². The highest BCUT2D eigenvalue weighted by Gasteiger charge is 2.15. The van der Waals surface area contributed by atoms with E-state index in [1.165, 1.54) is 18.4 Å². The molecule has 4 rings (SSSR count). The molecule has 136 valence electrons. The smallest absolute Gasteiger partial charge is 0.346 e. The summed E-state index contributed by atoms with van der Waals surface area (Å²) in [6.45, 7) is 0. The van der Waals surface area contributed by atoms with E-state index in [0.717, 1.165) is 16.8 Å². The van der Waals surface area contributed by atoms with E-state index in [1.807, 2.05) is 36.4 Å². The molecule has 0 unspecified atom stereocenters. The molecule has 0 amide bonds. The van der Waals surface area contributed by atoms with E-state index in [-0.39, 0.29) is 0 Å². The fourth-order valence-corrected chi connectivity index (χ4v) is 3.40. The molecule has 0 saturated heterocycles. The van der Waals surface area contributed by atoms with Crippen LogP contribution in [0.25, 0.3) is 21.5 Å². The molecule has 0 atom stereocenters. The van der Waals surface area contributed by atoms with Crippen LogP contribution in [0.5, 0.6) is 11.5 Å². The number of anilines is 2. The van der Waals surface area contributed by atoms with Crippen LogP contribution in [-0.2, 0) is 0 Å². The lowest BCUT2D eigenvalue weighted by atomic mass is 10.2. The van der Waals surface area contributed by atoms with E-state index in [2.05, 4.69) is 15.5 Å². The van der Waals surface area contributed by atoms with Gasteiger partial charge in [0.15, 0.2) is 16.3 Å². The van der Waals surface area contributed by atoms with Gasteiger partial charge < -0.3 is 19.2 Å². The fraction of sp³-hybridized carbons (Fsp3) is 0.105. The molecule has 0 radical (unpaired) electrons. The summed E-state index contributed by atoms with van der Waals surface area (Å²) in [7, 11) is 3.14. The van der Waals surface area contributed by atoms with Gasteiger partial charge in [-0.25, -0.2) is 4.79 Å². The van der Waals surface area contributed by atoms with Gasteiger partial charge >= 0.3 is 5.63 Å². The van der Waals surface area contributed by atoms with Crippen LogP contribution in [0.4, 0.5) is 10.8 Å². The Kier molecular flexibility index (Phi) is 4.47. The van der Waals surface area contributed by atoms with Crippen LogP contribution in [0.1, 0.15) is 0 Å². The highest BCUT2D eigenvalue weighted by Crippen LogP contribution is 2.31. The number of nitrogens with one attached hydrogen (secondary N) is 1. The lowest BCUT2D eigenvalue weighted by molar-refractivity contribution is 0.407. The van der Waals surface area contributed by atoms with Gasteiger partial charge in [0.1, 0.15) is 5.75 Å². The van der Waals surface area contributed by atoms with Gasteiger partial charge in [0.2, 0.25) is 5.13 Å². The van der Waals surface area contributed by atoms with Crippen LogP contribution in [0, 0.1) is 0 Å². The zero-order valence-corrected chi connectivity index (χ0v) is 15.4. The molecule has 0 aliphatic carbocycles. The van der Waals surface area contributed by atoms with Gasteiger partial charge in [0, 0.05) is 17.1 Å². The van der Waals surface area contributed by atoms with Crippen molar-refractivity contribution in [2.75, 3.05) is 19.5 Å². The van der Waals surface area contributed by atoms with Crippen molar-refractivity contribution in [2.45, 2.75) is 0 Å². The lowest BCUT2D eigenvalue weighted by Crippen LogP contribution is -2.03. The van der Waals surface area contributed by atoms with Crippen LogP contribution in [-0.4, -0.2) is 24.4 Å². The summed E-state index contributed by atoms with van der Waals surface area (Å²) >= 11 is 1.26. The van der Waals surface area contributed by atoms with E-state index in [4.69, 9.17) is 13.9 Å². The molecule has 0 bridgehead atoms. The maximum atomic E-state index is 12.4. The summed E-state index contributed by atoms with van der Waals surface area (Å²) in [5, 5.41) is 13.2. The minimum absolute atomic E-state index is 0.354. The Morgan fingerprint density at radius 1 is 1.04 bits per heavy atom. The Morgan fingerprint density at radius 3 is 2.70 bits per heavy atom. The molecule has 2 aromatic heterocycles. The molecular weight excluding hydrogens is 366 g/mol. The number of para-hydroxylation sites is 1. The van der Waals surface area contributed by atoms with E-state index < -0.39 is 5.63 Å². The molecule has 1 N–H and O–H groups in total. The van der Waals surface area contributed by atoms with E-state index >= 15 is 0 Å². The van der Waals surface area contributed by atoms with Crippen molar-refractivity contribution in [1.29, 1.82) is 0 Å². The number of hydrogen-bond donors (Lipinski definition) is 1. The molecule has 4 aromatic rings. The van der Waals surface area contributed by atoms with E-state index in [0.29, 0.717) is 27.0 Å². The van der Waals surface area contributed by atoms with Crippen molar-refractivity contribution in [3.8, 4) is 22.1 Å². The Morgan fingerprint density at radius 2 is 1.89 bits per heavy atom. The van der Waals surface area contributed by atoms with Gasteiger partial charge in [-0.3, -0.25) is 0 Å². The average Bonchev–Trinajstić information content (AvgIpc) is 3.15. The molecule has 0 aliphatic heterocycles. The molecule has 0 aliphatic rings. The Hall–Kier alpha value is -3.39. The van der Waals surface area contributed by atoms with Crippen molar-refractivity contribution >= 4 is 33.1 Å². The normalized spacial score (nSPS) is 10.7. The first kappa shape index (κ1) is 17.0. The number of ether oxygens (including phenoxy) is 2. The lowest BCUT2D eigenvalue weighted by Gasteiger charge is -2.04. The Labute approximate surface area is 158 Å². The molecule has 27 heavy (non-hydrogen) atoms. The monoisotopic (exact) mass is 381 g/mol. The van der Waals surface area contributed by atoms with Crippen LogP contribution < -0.4 is 20.4 Å². The zero-order chi connectivity index (χ0) is 18.8. The van der Waals surface area contributed by atoms with Gasteiger partial charge in [-0.15, -0.1) is 10.2 Å². The Bertz CT molecular complexity index is 1170. The fourth-order valence-electron chi connectivity index (χ4n) is 2.63. The molecule has 2 aromatic carbocycles. The third kappa shape index (κ3) is 3.34. The van der Waals surface area contributed by atoms with Crippen LogP contribution in [0.2, 0.25) is 0 Å². The van der Waals surface area contributed by atoms with Crippen molar-refractivity contribution in [3.05, 3.63) is 59.0 Å². The molecule has 0 spiro atoms. The number of hydrogen-bond acceptors (Lipinski definition) is 8. The molecule has 0 saturated carbocycles. The van der Waals surface area contributed by atoms with Gasteiger partial charge in [0.05, 0.1) is 19.8 Å². The third-order valence-electron chi connectivity index (χ3n) is 3.92. The summed E-state index contributed by atoms with van der Waals surface area (Å²) in [6, 6.07) is 14.6. The highest BCUT2D eigenvalue weighted by molar-refractivity contribution is 7.18. The van der Waals surface area contributed by atoms with Crippen LogP contribution in [0.15, 0.2) is 57.7 Å². The first-order valence-electron chi connectivity index (χ1n) is 8.04. The molecule has 0 fully saturated rings. The van der Waals surface area contributed by atoms with Crippen molar-refractivity contribution in [1.82, 2.24) is 10.2 Å². The quantitative estimate of drug-likeness (QED) is 0.521. The first-order valence-corrected chi connectivity index (χ1v) is 8.85. The van der Waals surface area contributed by atoms with E-state index in [1.54, 1.807) is 19.2 Å². The van der Waals surface area contributed by atoms with E-state index in [9.17, 15) is 4.79 Å². The minimum Gasteiger partial charge on any atom is -0.497 e. The molecule has 7 nitrogen and oxygen atoms in total. The second-order valence-electron chi connectivity index (χ2n) is 5.60. The molecule has 2 heterocycles. The number of fused-ring (bicyclic) bond motifs is 1. The number of benzene rings is 2. The first-order chi connectivity index (χ1) is 13.2. The van der Waals surface area contributed by atoms with Crippen LogP contribution in [0.3, 0.4) is 0 Å². The Balaban J connectivity index is 1.68. The largest absolute Gasteiger partial charge is 0.497 e. The summed E-state index contributed by atoms with van der Waals surface area (Å²) in [6.07, 6.45) is 0. The van der Waals surface area contributed by atoms with Crippen molar-refractivity contribution in [3.63, 3.8) is 0 Å². The topological polar surface area (TPSA) is 86.5 Å². The predicted octanol–water partition coefficient (Wildman–Crippen LogP) is 4.07.